The van der Waals surface area contributed by atoms with Crippen LogP contribution in [0.4, 0.5) is 10.8 Å². The van der Waals surface area contributed by atoms with Crippen LogP contribution in [0.2, 0.25) is 0 Å². The lowest BCUT2D eigenvalue weighted by Gasteiger charge is -2.09. The Morgan fingerprint density at radius 1 is 1.47 bits per heavy atom. The van der Waals surface area contributed by atoms with Crippen molar-refractivity contribution in [1.82, 2.24) is 14.8 Å². The molecule has 1 aliphatic rings. The number of amides is 1. The number of carbonyl (C=O) groups is 1. The van der Waals surface area contributed by atoms with Gasteiger partial charge in [-0.3, -0.25) is 10.1 Å². The third kappa shape index (κ3) is 1.96. The Labute approximate surface area is 101 Å². The average Bonchev–Trinajstić information content (AvgIpc) is 2.96. The number of rotatable bonds is 2. The molecule has 86 valence electrons. The molecule has 1 atom stereocenters. The van der Waals surface area contributed by atoms with Crippen molar-refractivity contribution in [3.8, 4) is 0 Å². The van der Waals surface area contributed by atoms with Gasteiger partial charge in [0.05, 0.1) is 0 Å². The fourth-order valence-corrected chi connectivity index (χ4v) is 2.20. The Morgan fingerprint density at radius 3 is 3.12 bits per heavy atom. The van der Waals surface area contributed by atoms with E-state index < -0.39 is 0 Å². The van der Waals surface area contributed by atoms with Gasteiger partial charge in [-0.15, -0.1) is 0 Å². The van der Waals surface area contributed by atoms with Gasteiger partial charge in [0, 0.05) is 23.6 Å². The highest BCUT2D eigenvalue weighted by Crippen LogP contribution is 2.25. The lowest BCUT2D eigenvalue weighted by molar-refractivity contribution is -0.116. The molecule has 6 nitrogen and oxygen atoms in total. The van der Waals surface area contributed by atoms with Crippen LogP contribution in [0, 0.1) is 0 Å². The van der Waals surface area contributed by atoms with E-state index in [1.165, 1.54) is 0 Å². The zero-order valence-corrected chi connectivity index (χ0v) is 9.57. The Bertz CT molecular complexity index is 516. The number of fused-ring (bicyclic) bond motifs is 1. The maximum atomic E-state index is 11.9. The van der Waals surface area contributed by atoms with Gasteiger partial charge in [-0.1, -0.05) is 27.8 Å². The van der Waals surface area contributed by atoms with Crippen molar-refractivity contribution in [1.29, 1.82) is 0 Å². The molecule has 2 aromatic rings. The largest absolute Gasteiger partial charge is 0.373 e. The van der Waals surface area contributed by atoms with Gasteiger partial charge in [-0.25, -0.2) is 0 Å². The van der Waals surface area contributed by atoms with Crippen molar-refractivity contribution in [2.24, 2.45) is 0 Å². The standard InChI is InChI=1S/C10H9N5OS/c16-9(12-10-13-14-15-17-10)8-5-6-3-1-2-4-7(6)11-8/h1-4,8,11H,5H2,(H,12,13,15,16). The zero-order valence-electron chi connectivity index (χ0n) is 8.75. The van der Waals surface area contributed by atoms with Gasteiger partial charge in [0.1, 0.15) is 6.04 Å². The average molecular weight is 247 g/mol. The van der Waals surface area contributed by atoms with Crippen LogP contribution < -0.4 is 10.6 Å². The number of hydrogen-bond acceptors (Lipinski definition) is 6. The number of nitrogens with one attached hydrogen (secondary N) is 2. The minimum atomic E-state index is -0.253. The van der Waals surface area contributed by atoms with E-state index in [1.807, 2.05) is 24.3 Å². The monoisotopic (exact) mass is 247 g/mol. The van der Waals surface area contributed by atoms with Crippen LogP contribution in [0.15, 0.2) is 24.3 Å². The number of carbonyl (C=O) groups excluding carboxylic acids is 1. The van der Waals surface area contributed by atoms with E-state index in [0.29, 0.717) is 11.6 Å². The summed E-state index contributed by atoms with van der Waals surface area (Å²) in [6.45, 7) is 0. The summed E-state index contributed by atoms with van der Waals surface area (Å²) in [7, 11) is 0. The van der Waals surface area contributed by atoms with E-state index in [1.54, 1.807) is 0 Å². The molecule has 3 rings (SSSR count). The Balaban J connectivity index is 1.70. The molecule has 0 radical (unpaired) electrons. The molecule has 0 spiro atoms. The van der Waals surface area contributed by atoms with Crippen molar-refractivity contribution in [2.45, 2.75) is 12.5 Å². The first-order valence-corrected chi connectivity index (χ1v) is 5.90. The van der Waals surface area contributed by atoms with Crippen LogP contribution in [-0.4, -0.2) is 26.7 Å². The lowest BCUT2D eigenvalue weighted by atomic mass is 10.1. The van der Waals surface area contributed by atoms with Crippen LogP contribution in [0.3, 0.4) is 0 Å². The molecular weight excluding hydrogens is 238 g/mol. The maximum absolute atomic E-state index is 11.9. The van der Waals surface area contributed by atoms with Crippen molar-refractivity contribution in [3.63, 3.8) is 0 Å². The normalized spacial score (nSPS) is 17.3. The molecule has 1 amide bonds. The minimum absolute atomic E-state index is 0.111. The molecule has 1 aromatic heterocycles. The van der Waals surface area contributed by atoms with E-state index in [0.717, 1.165) is 22.8 Å². The van der Waals surface area contributed by atoms with Gasteiger partial charge >= 0.3 is 0 Å². The fourth-order valence-electron chi connectivity index (χ4n) is 1.83. The Kier molecular flexibility index (Phi) is 2.45. The first kappa shape index (κ1) is 10.2. The molecular formula is C10H9N5OS. The molecule has 1 unspecified atom stereocenters. The van der Waals surface area contributed by atoms with Crippen LogP contribution >= 0.6 is 11.5 Å². The molecule has 0 bridgehead atoms. The van der Waals surface area contributed by atoms with Crippen molar-refractivity contribution < 1.29 is 4.79 Å². The fraction of sp³-hybridized carbons (Fsp3) is 0.200. The zero-order chi connectivity index (χ0) is 11.7. The second-order valence-corrected chi connectivity index (χ2v) is 4.45. The quantitative estimate of drug-likeness (QED) is 0.824. The number of benzene rings is 1. The summed E-state index contributed by atoms with van der Waals surface area (Å²) in [6, 6.07) is 7.64. The maximum Gasteiger partial charge on any atom is 0.249 e. The highest BCUT2D eigenvalue weighted by molar-refractivity contribution is 7.09. The topological polar surface area (TPSA) is 79.8 Å². The summed E-state index contributed by atoms with van der Waals surface area (Å²) in [5.74, 6) is -0.111. The van der Waals surface area contributed by atoms with Crippen LogP contribution in [0.1, 0.15) is 5.56 Å². The highest BCUT2D eigenvalue weighted by Gasteiger charge is 2.26. The van der Waals surface area contributed by atoms with Crippen LogP contribution in [-0.2, 0) is 11.2 Å². The van der Waals surface area contributed by atoms with E-state index >= 15 is 0 Å². The summed E-state index contributed by atoms with van der Waals surface area (Å²) < 4.78 is 3.59. The highest BCUT2D eigenvalue weighted by atomic mass is 32.1. The molecule has 17 heavy (non-hydrogen) atoms. The van der Waals surface area contributed by atoms with Gasteiger partial charge in [-0.2, -0.15) is 0 Å². The van der Waals surface area contributed by atoms with E-state index in [9.17, 15) is 4.79 Å². The van der Waals surface area contributed by atoms with E-state index in [-0.39, 0.29) is 11.9 Å². The number of anilines is 2. The van der Waals surface area contributed by atoms with Crippen molar-refractivity contribution in [3.05, 3.63) is 29.8 Å². The van der Waals surface area contributed by atoms with Gasteiger partial charge in [-0.05, 0) is 16.8 Å². The number of aromatic nitrogens is 3. The number of hydrogen-bond donors (Lipinski definition) is 2. The molecule has 2 N–H and O–H groups in total. The summed E-state index contributed by atoms with van der Waals surface area (Å²) >= 11 is 1.06. The smallest absolute Gasteiger partial charge is 0.249 e. The second kappa shape index (κ2) is 4.10. The van der Waals surface area contributed by atoms with Gasteiger partial charge in [0.25, 0.3) is 0 Å². The van der Waals surface area contributed by atoms with Gasteiger partial charge in [0.15, 0.2) is 0 Å². The SMILES string of the molecule is O=C(Nc1nnns1)C1Cc2ccccc2N1. The van der Waals surface area contributed by atoms with Crippen molar-refractivity contribution in [2.75, 3.05) is 10.6 Å². The lowest BCUT2D eigenvalue weighted by Crippen LogP contribution is -2.32. The molecule has 0 saturated heterocycles. The van der Waals surface area contributed by atoms with Gasteiger partial charge < -0.3 is 5.32 Å². The molecule has 1 aliphatic heterocycles. The third-order valence-corrected chi connectivity index (χ3v) is 3.13. The number of para-hydroxylation sites is 1. The molecule has 0 aliphatic carbocycles. The van der Waals surface area contributed by atoms with E-state index in [2.05, 4.69) is 25.4 Å². The summed E-state index contributed by atoms with van der Waals surface area (Å²) in [5, 5.41) is 13.4. The molecule has 0 fully saturated rings. The summed E-state index contributed by atoms with van der Waals surface area (Å²) in [4.78, 5) is 11.9. The summed E-state index contributed by atoms with van der Waals surface area (Å²) in [5.41, 5.74) is 2.17. The third-order valence-electron chi connectivity index (χ3n) is 2.62. The number of nitrogens with zero attached hydrogens (tertiary/aromatic N) is 3. The second-order valence-electron chi connectivity index (χ2n) is 3.71. The van der Waals surface area contributed by atoms with Crippen LogP contribution in [0.25, 0.3) is 0 Å². The first-order chi connectivity index (χ1) is 8.33. The molecule has 2 heterocycles. The summed E-state index contributed by atoms with van der Waals surface area (Å²) in [6.07, 6.45) is 0.689. The van der Waals surface area contributed by atoms with Crippen molar-refractivity contribution >= 4 is 28.3 Å². The predicted molar refractivity (Wildman–Crippen MR) is 63.9 cm³/mol. The minimum Gasteiger partial charge on any atom is -0.373 e. The molecule has 1 aromatic carbocycles. The van der Waals surface area contributed by atoms with Gasteiger partial charge in [0.2, 0.25) is 11.0 Å². The Hall–Kier alpha value is -2.02. The molecule has 0 saturated carbocycles. The van der Waals surface area contributed by atoms with E-state index in [4.69, 9.17) is 0 Å². The van der Waals surface area contributed by atoms with Crippen LogP contribution in [0.5, 0.6) is 0 Å². The first-order valence-electron chi connectivity index (χ1n) is 5.13. The Morgan fingerprint density at radius 2 is 2.35 bits per heavy atom. The predicted octanol–water partition coefficient (Wildman–Crippen LogP) is 0.908. The molecule has 7 heteroatoms.